The average Bonchev–Trinajstić information content (AvgIpc) is 2.25. The van der Waals surface area contributed by atoms with Crippen LogP contribution in [0.5, 0.6) is 5.75 Å². The van der Waals surface area contributed by atoms with Crippen molar-refractivity contribution in [3.63, 3.8) is 0 Å². The second-order valence-corrected chi connectivity index (χ2v) is 3.90. The molecule has 0 heterocycles. The van der Waals surface area contributed by atoms with Crippen molar-refractivity contribution >= 4 is 15.9 Å². The van der Waals surface area contributed by atoms with Crippen LogP contribution in [-0.2, 0) is 6.54 Å². The maximum absolute atomic E-state index is 12.0. The Bertz CT molecular complexity index is 307. The molecule has 0 aliphatic carbocycles. The molecule has 0 saturated heterocycles. The predicted molar refractivity (Wildman–Crippen MR) is 63.0 cm³/mol. The van der Waals surface area contributed by atoms with E-state index in [9.17, 15) is 4.39 Å². The first kappa shape index (κ1) is 12.5. The molecule has 1 aromatic carbocycles. The molecule has 0 amide bonds. The SMILES string of the molecule is CCNCc1cccc(Br)c1OCCF. The Kier molecular flexibility index (Phi) is 5.65. The summed E-state index contributed by atoms with van der Waals surface area (Å²) < 4.78 is 18.3. The van der Waals surface area contributed by atoms with E-state index in [0.717, 1.165) is 28.9 Å². The first-order chi connectivity index (χ1) is 7.29. The molecule has 0 aliphatic heterocycles. The Hall–Kier alpha value is -0.610. The maximum Gasteiger partial charge on any atom is 0.138 e. The minimum Gasteiger partial charge on any atom is -0.489 e. The van der Waals surface area contributed by atoms with Crippen LogP contribution in [-0.4, -0.2) is 19.8 Å². The molecular formula is C11H15BrFNO. The molecule has 15 heavy (non-hydrogen) atoms. The Morgan fingerprint density at radius 3 is 2.93 bits per heavy atom. The van der Waals surface area contributed by atoms with Gasteiger partial charge in [-0.3, -0.25) is 0 Å². The number of hydrogen-bond donors (Lipinski definition) is 1. The molecule has 0 spiro atoms. The molecule has 0 saturated carbocycles. The van der Waals surface area contributed by atoms with E-state index in [-0.39, 0.29) is 6.61 Å². The van der Waals surface area contributed by atoms with Gasteiger partial charge in [0.05, 0.1) is 4.47 Å². The molecule has 1 aromatic rings. The van der Waals surface area contributed by atoms with Gasteiger partial charge >= 0.3 is 0 Å². The number of rotatable bonds is 6. The van der Waals surface area contributed by atoms with Crippen molar-refractivity contribution in [3.8, 4) is 5.75 Å². The van der Waals surface area contributed by atoms with Gasteiger partial charge in [-0.15, -0.1) is 0 Å². The fraction of sp³-hybridized carbons (Fsp3) is 0.455. The normalized spacial score (nSPS) is 10.3. The van der Waals surface area contributed by atoms with E-state index in [0.29, 0.717) is 0 Å². The summed E-state index contributed by atoms with van der Waals surface area (Å²) in [6.45, 7) is 3.30. The van der Waals surface area contributed by atoms with Crippen molar-refractivity contribution in [1.29, 1.82) is 0 Å². The third kappa shape index (κ3) is 3.80. The van der Waals surface area contributed by atoms with Crippen LogP contribution in [0.1, 0.15) is 12.5 Å². The number of hydrogen-bond acceptors (Lipinski definition) is 2. The first-order valence-corrected chi connectivity index (χ1v) is 5.75. The molecule has 84 valence electrons. The lowest BCUT2D eigenvalue weighted by Gasteiger charge is -2.12. The molecule has 1 rings (SSSR count). The fourth-order valence-corrected chi connectivity index (χ4v) is 1.78. The van der Waals surface area contributed by atoms with Crippen LogP contribution in [0.25, 0.3) is 0 Å². The number of benzene rings is 1. The van der Waals surface area contributed by atoms with Crippen molar-refractivity contribution in [2.75, 3.05) is 19.8 Å². The molecule has 2 nitrogen and oxygen atoms in total. The highest BCUT2D eigenvalue weighted by atomic mass is 79.9. The summed E-state index contributed by atoms with van der Waals surface area (Å²) in [6, 6.07) is 5.81. The molecule has 0 unspecified atom stereocenters. The summed E-state index contributed by atoms with van der Waals surface area (Å²) in [5, 5.41) is 3.21. The van der Waals surface area contributed by atoms with Crippen LogP contribution in [0.2, 0.25) is 0 Å². The lowest BCUT2D eigenvalue weighted by Crippen LogP contribution is -2.13. The van der Waals surface area contributed by atoms with Crippen molar-refractivity contribution in [2.45, 2.75) is 13.5 Å². The molecule has 0 radical (unpaired) electrons. The van der Waals surface area contributed by atoms with Crippen LogP contribution < -0.4 is 10.1 Å². The summed E-state index contributed by atoms with van der Waals surface area (Å²) >= 11 is 3.39. The molecule has 0 bridgehead atoms. The zero-order chi connectivity index (χ0) is 11.1. The van der Waals surface area contributed by atoms with Crippen LogP contribution in [0.4, 0.5) is 4.39 Å². The highest BCUT2D eigenvalue weighted by Crippen LogP contribution is 2.28. The number of nitrogens with one attached hydrogen (secondary N) is 1. The predicted octanol–water partition coefficient (Wildman–Crippen LogP) is 2.91. The van der Waals surface area contributed by atoms with Gasteiger partial charge in [0.15, 0.2) is 0 Å². The van der Waals surface area contributed by atoms with Gasteiger partial charge in [-0.05, 0) is 28.5 Å². The quantitative estimate of drug-likeness (QED) is 0.862. The van der Waals surface area contributed by atoms with Crippen LogP contribution >= 0.6 is 15.9 Å². The van der Waals surface area contributed by atoms with Crippen molar-refractivity contribution in [2.24, 2.45) is 0 Å². The lowest BCUT2D eigenvalue weighted by molar-refractivity contribution is 0.269. The van der Waals surface area contributed by atoms with E-state index in [1.54, 1.807) is 0 Å². The van der Waals surface area contributed by atoms with Gasteiger partial charge in [0.2, 0.25) is 0 Å². The Balaban J connectivity index is 2.77. The molecule has 1 N–H and O–H groups in total. The second kappa shape index (κ2) is 6.80. The van der Waals surface area contributed by atoms with Gasteiger partial charge in [0.1, 0.15) is 19.0 Å². The molecule has 0 aliphatic rings. The topological polar surface area (TPSA) is 21.3 Å². The monoisotopic (exact) mass is 275 g/mol. The summed E-state index contributed by atoms with van der Waals surface area (Å²) in [5.74, 6) is 0.732. The standard InChI is InChI=1S/C11H15BrFNO/c1-2-14-8-9-4-3-5-10(12)11(9)15-7-6-13/h3-5,14H,2,6-8H2,1H3. The highest BCUT2D eigenvalue weighted by molar-refractivity contribution is 9.10. The second-order valence-electron chi connectivity index (χ2n) is 3.05. The van der Waals surface area contributed by atoms with Crippen LogP contribution in [0.3, 0.4) is 0 Å². The molecular weight excluding hydrogens is 261 g/mol. The third-order valence-corrected chi connectivity index (χ3v) is 2.56. The number of ether oxygens (including phenoxy) is 1. The summed E-state index contributed by atoms with van der Waals surface area (Å²) in [7, 11) is 0. The minimum atomic E-state index is -0.470. The summed E-state index contributed by atoms with van der Waals surface area (Å²) in [6.07, 6.45) is 0. The van der Waals surface area contributed by atoms with Gasteiger partial charge in [0.25, 0.3) is 0 Å². The summed E-state index contributed by atoms with van der Waals surface area (Å²) in [5.41, 5.74) is 1.04. The first-order valence-electron chi connectivity index (χ1n) is 4.96. The largest absolute Gasteiger partial charge is 0.489 e. The summed E-state index contributed by atoms with van der Waals surface area (Å²) in [4.78, 5) is 0. The molecule has 0 fully saturated rings. The van der Waals surface area contributed by atoms with E-state index in [1.807, 2.05) is 25.1 Å². The Labute approximate surface area is 98.0 Å². The minimum absolute atomic E-state index is 0.0989. The fourth-order valence-electron chi connectivity index (χ4n) is 1.25. The van der Waals surface area contributed by atoms with Gasteiger partial charge in [-0.2, -0.15) is 0 Å². The van der Waals surface area contributed by atoms with Gasteiger partial charge in [0, 0.05) is 12.1 Å². The number of alkyl halides is 1. The number of para-hydroxylation sites is 1. The molecule has 0 atom stereocenters. The lowest BCUT2D eigenvalue weighted by atomic mass is 10.2. The molecule has 4 heteroatoms. The average molecular weight is 276 g/mol. The van der Waals surface area contributed by atoms with E-state index in [1.165, 1.54) is 0 Å². The number of halogens is 2. The Morgan fingerprint density at radius 2 is 2.27 bits per heavy atom. The van der Waals surface area contributed by atoms with Crippen LogP contribution in [0, 0.1) is 0 Å². The molecule has 0 aromatic heterocycles. The van der Waals surface area contributed by atoms with E-state index >= 15 is 0 Å². The van der Waals surface area contributed by atoms with E-state index in [2.05, 4.69) is 21.2 Å². The van der Waals surface area contributed by atoms with Crippen molar-refractivity contribution in [3.05, 3.63) is 28.2 Å². The highest BCUT2D eigenvalue weighted by Gasteiger charge is 2.07. The van der Waals surface area contributed by atoms with E-state index in [4.69, 9.17) is 4.74 Å². The van der Waals surface area contributed by atoms with Gasteiger partial charge < -0.3 is 10.1 Å². The third-order valence-electron chi connectivity index (χ3n) is 1.94. The van der Waals surface area contributed by atoms with Crippen LogP contribution in [0.15, 0.2) is 22.7 Å². The van der Waals surface area contributed by atoms with Gasteiger partial charge in [-0.25, -0.2) is 4.39 Å². The smallest absolute Gasteiger partial charge is 0.138 e. The zero-order valence-corrected chi connectivity index (χ0v) is 10.3. The van der Waals surface area contributed by atoms with Crippen molar-refractivity contribution in [1.82, 2.24) is 5.32 Å². The van der Waals surface area contributed by atoms with E-state index < -0.39 is 6.67 Å². The maximum atomic E-state index is 12.0. The van der Waals surface area contributed by atoms with Crippen molar-refractivity contribution < 1.29 is 9.13 Å². The zero-order valence-electron chi connectivity index (χ0n) is 8.72. The Morgan fingerprint density at radius 1 is 1.47 bits per heavy atom. The van der Waals surface area contributed by atoms with Gasteiger partial charge in [-0.1, -0.05) is 19.1 Å².